The second kappa shape index (κ2) is 10.6. The van der Waals surface area contributed by atoms with Crippen LogP contribution in [0.15, 0.2) is 0 Å². The maximum Gasteiger partial charge on any atom is 0.164 e. The Morgan fingerprint density at radius 2 is 1.48 bits per heavy atom. The first kappa shape index (κ1) is 24.6. The topological polar surface area (TPSA) is 44.8 Å². The van der Waals surface area contributed by atoms with Gasteiger partial charge in [0.25, 0.3) is 0 Å². The van der Waals surface area contributed by atoms with E-state index in [-0.39, 0.29) is 17.5 Å². The molecule has 0 fully saturated rings. The molecule has 0 spiro atoms. The molecule has 0 saturated heterocycles. The predicted molar refractivity (Wildman–Crippen MR) is 104 cm³/mol. The molecule has 0 amide bonds. The van der Waals surface area contributed by atoms with Crippen molar-refractivity contribution in [1.82, 2.24) is 0 Å². The van der Waals surface area contributed by atoms with Crippen molar-refractivity contribution in [3.8, 4) is 0 Å². The van der Waals surface area contributed by atoms with E-state index in [4.69, 9.17) is 14.2 Å². The highest BCUT2D eigenvalue weighted by Gasteiger charge is 2.34. The third kappa shape index (κ3) is 13.4. The first-order valence-corrected chi connectivity index (χ1v) is 9.74. The van der Waals surface area contributed by atoms with Crippen LogP contribution in [0.5, 0.6) is 0 Å². The minimum Gasteiger partial charge on any atom is -0.379 e. The van der Waals surface area contributed by atoms with E-state index in [2.05, 4.69) is 0 Å². The first-order chi connectivity index (χ1) is 11.3. The fraction of sp³-hybridized carbons (Fsp3) is 0.952. The first-order valence-electron chi connectivity index (χ1n) is 9.74. The SMILES string of the molecule is CC(C)OCCCCCC(=O)C(C)(C)OC(C)(C)CCOC(C)(C)C. The van der Waals surface area contributed by atoms with Crippen molar-refractivity contribution in [2.75, 3.05) is 13.2 Å². The number of carbonyl (C=O) groups excluding carboxylic acids is 1. The Balaban J connectivity index is 4.19. The van der Waals surface area contributed by atoms with Crippen LogP contribution >= 0.6 is 0 Å². The smallest absolute Gasteiger partial charge is 0.164 e. The number of ether oxygens (including phenoxy) is 3. The van der Waals surface area contributed by atoms with E-state index in [1.54, 1.807) is 0 Å². The van der Waals surface area contributed by atoms with Gasteiger partial charge >= 0.3 is 0 Å². The number of hydrogen-bond donors (Lipinski definition) is 0. The maximum atomic E-state index is 12.5. The molecule has 0 N–H and O–H groups in total. The van der Waals surface area contributed by atoms with Gasteiger partial charge in [0.1, 0.15) is 5.60 Å². The van der Waals surface area contributed by atoms with E-state index in [9.17, 15) is 4.79 Å². The van der Waals surface area contributed by atoms with Gasteiger partial charge in [-0.2, -0.15) is 0 Å². The van der Waals surface area contributed by atoms with Crippen molar-refractivity contribution in [3.63, 3.8) is 0 Å². The van der Waals surface area contributed by atoms with Crippen LogP contribution in [0.2, 0.25) is 0 Å². The molecule has 0 aliphatic heterocycles. The molecule has 0 rings (SSSR count). The molecule has 0 aliphatic carbocycles. The predicted octanol–water partition coefficient (Wildman–Crippen LogP) is 5.32. The van der Waals surface area contributed by atoms with Gasteiger partial charge in [-0.25, -0.2) is 0 Å². The quantitative estimate of drug-likeness (QED) is 0.418. The molecule has 25 heavy (non-hydrogen) atoms. The zero-order chi connectivity index (χ0) is 19.7. The minimum atomic E-state index is -0.764. The van der Waals surface area contributed by atoms with Gasteiger partial charge < -0.3 is 14.2 Å². The molecule has 0 radical (unpaired) electrons. The van der Waals surface area contributed by atoms with Crippen LogP contribution in [-0.4, -0.2) is 41.9 Å². The Kier molecular flexibility index (Phi) is 10.4. The van der Waals surface area contributed by atoms with Crippen LogP contribution in [-0.2, 0) is 19.0 Å². The number of rotatable bonds is 13. The second-order valence-corrected chi connectivity index (χ2v) is 9.24. The Hall–Kier alpha value is -0.450. The lowest BCUT2D eigenvalue weighted by Crippen LogP contribution is -2.43. The summed E-state index contributed by atoms with van der Waals surface area (Å²) in [5.74, 6) is 0.169. The molecule has 4 heteroatoms. The van der Waals surface area contributed by atoms with Gasteiger partial charge in [0.2, 0.25) is 0 Å². The molecule has 0 saturated carbocycles. The zero-order valence-electron chi connectivity index (χ0n) is 18.2. The summed E-state index contributed by atoms with van der Waals surface area (Å²) in [7, 11) is 0. The summed E-state index contributed by atoms with van der Waals surface area (Å²) in [6.07, 6.45) is 4.50. The lowest BCUT2D eigenvalue weighted by atomic mass is 9.95. The van der Waals surface area contributed by atoms with Gasteiger partial charge in [0.15, 0.2) is 5.78 Å². The van der Waals surface area contributed by atoms with Crippen molar-refractivity contribution >= 4 is 5.78 Å². The Morgan fingerprint density at radius 1 is 0.880 bits per heavy atom. The molecular formula is C21H42O4. The fourth-order valence-corrected chi connectivity index (χ4v) is 2.59. The number of carbonyl (C=O) groups is 1. The van der Waals surface area contributed by atoms with Gasteiger partial charge in [0, 0.05) is 19.6 Å². The van der Waals surface area contributed by atoms with E-state index >= 15 is 0 Å². The Bertz CT molecular complexity index is 378. The van der Waals surface area contributed by atoms with E-state index in [1.807, 2.05) is 62.3 Å². The van der Waals surface area contributed by atoms with Gasteiger partial charge in [-0.15, -0.1) is 0 Å². The van der Waals surface area contributed by atoms with Crippen LogP contribution in [0.25, 0.3) is 0 Å². The van der Waals surface area contributed by atoms with E-state index in [1.165, 1.54) is 0 Å². The van der Waals surface area contributed by atoms with Crippen LogP contribution in [0.1, 0.15) is 94.4 Å². The maximum absolute atomic E-state index is 12.5. The summed E-state index contributed by atoms with van der Waals surface area (Å²) in [6.45, 7) is 19.4. The molecule has 0 unspecified atom stereocenters. The van der Waals surface area contributed by atoms with E-state index in [0.29, 0.717) is 13.0 Å². The lowest BCUT2D eigenvalue weighted by Gasteiger charge is -2.36. The van der Waals surface area contributed by atoms with Crippen molar-refractivity contribution in [1.29, 1.82) is 0 Å². The van der Waals surface area contributed by atoms with Crippen LogP contribution in [0.4, 0.5) is 0 Å². The van der Waals surface area contributed by atoms with Crippen molar-refractivity contribution in [2.24, 2.45) is 0 Å². The molecular weight excluding hydrogens is 316 g/mol. The summed E-state index contributed by atoms with van der Waals surface area (Å²) < 4.78 is 17.5. The van der Waals surface area contributed by atoms with Gasteiger partial charge in [-0.3, -0.25) is 4.79 Å². The standard InChI is InChI=1S/C21H42O4/c1-17(2)23-15-12-10-11-13-18(22)21(8,9)25-20(6,7)14-16-24-19(3,4)5/h17H,10-16H2,1-9H3. The number of Topliss-reactive ketones (excluding diaryl/α,β-unsaturated/α-hetero) is 1. The van der Waals surface area contributed by atoms with Gasteiger partial charge in [0.05, 0.1) is 17.3 Å². The van der Waals surface area contributed by atoms with Crippen molar-refractivity contribution < 1.29 is 19.0 Å². The molecule has 150 valence electrons. The third-order valence-corrected chi connectivity index (χ3v) is 3.94. The van der Waals surface area contributed by atoms with E-state index < -0.39 is 11.2 Å². The summed E-state index contributed by atoms with van der Waals surface area (Å²) >= 11 is 0. The fourth-order valence-electron chi connectivity index (χ4n) is 2.59. The molecule has 0 aromatic carbocycles. The van der Waals surface area contributed by atoms with Crippen LogP contribution in [0, 0.1) is 0 Å². The molecule has 0 aliphatic rings. The van der Waals surface area contributed by atoms with Crippen molar-refractivity contribution in [3.05, 3.63) is 0 Å². The third-order valence-electron chi connectivity index (χ3n) is 3.94. The highest BCUT2D eigenvalue weighted by atomic mass is 16.5. The number of unbranched alkanes of at least 4 members (excludes halogenated alkanes) is 2. The lowest BCUT2D eigenvalue weighted by molar-refractivity contribution is -0.165. The molecule has 0 atom stereocenters. The molecule has 0 aromatic heterocycles. The van der Waals surface area contributed by atoms with Crippen LogP contribution < -0.4 is 0 Å². The molecule has 0 heterocycles. The average molecular weight is 359 g/mol. The van der Waals surface area contributed by atoms with Gasteiger partial charge in [-0.05, 0) is 81.6 Å². The Morgan fingerprint density at radius 3 is 2.00 bits per heavy atom. The zero-order valence-corrected chi connectivity index (χ0v) is 18.2. The van der Waals surface area contributed by atoms with Crippen molar-refractivity contribution in [2.45, 2.75) is 117 Å². The molecule has 0 aromatic rings. The normalized spacial score (nSPS) is 13.5. The highest BCUT2D eigenvalue weighted by Crippen LogP contribution is 2.26. The van der Waals surface area contributed by atoms with Gasteiger partial charge in [-0.1, -0.05) is 6.42 Å². The summed E-state index contributed by atoms with van der Waals surface area (Å²) in [6, 6.07) is 0. The van der Waals surface area contributed by atoms with Crippen LogP contribution in [0.3, 0.4) is 0 Å². The van der Waals surface area contributed by atoms with E-state index in [0.717, 1.165) is 32.3 Å². The Labute approximate surface area is 156 Å². The number of ketones is 1. The molecule has 4 nitrogen and oxygen atoms in total. The average Bonchev–Trinajstić information content (AvgIpc) is 2.38. The highest BCUT2D eigenvalue weighted by molar-refractivity contribution is 5.86. The summed E-state index contributed by atoms with van der Waals surface area (Å²) in [5.41, 5.74) is -1.31. The molecule has 0 bridgehead atoms. The summed E-state index contributed by atoms with van der Waals surface area (Å²) in [5, 5.41) is 0. The number of hydrogen-bond acceptors (Lipinski definition) is 4. The second-order valence-electron chi connectivity index (χ2n) is 9.24. The minimum absolute atomic E-state index is 0.152. The summed E-state index contributed by atoms with van der Waals surface area (Å²) in [4.78, 5) is 12.5. The largest absolute Gasteiger partial charge is 0.379 e. The monoisotopic (exact) mass is 358 g/mol.